The van der Waals surface area contributed by atoms with Gasteiger partial charge >= 0.3 is 5.97 Å². The molecule has 6 nitrogen and oxygen atoms in total. The number of ether oxygens (including phenoxy) is 1. The molecule has 0 aliphatic carbocycles. The SMILES string of the molecule is COC(=O)c1ccc(CCCCNC(=O)c2cc(N)cc(N)c2)cc1. The van der Waals surface area contributed by atoms with Gasteiger partial charge in [0.25, 0.3) is 5.91 Å². The maximum atomic E-state index is 12.0. The van der Waals surface area contributed by atoms with Gasteiger partial charge in [0.15, 0.2) is 0 Å². The minimum atomic E-state index is -0.337. The van der Waals surface area contributed by atoms with Gasteiger partial charge in [-0.2, -0.15) is 0 Å². The molecule has 0 radical (unpaired) electrons. The van der Waals surface area contributed by atoms with E-state index in [1.54, 1.807) is 30.3 Å². The number of nitrogens with two attached hydrogens (primary N) is 2. The lowest BCUT2D eigenvalue weighted by Crippen LogP contribution is -2.24. The summed E-state index contributed by atoms with van der Waals surface area (Å²) in [4.78, 5) is 23.4. The highest BCUT2D eigenvalue weighted by Crippen LogP contribution is 2.13. The smallest absolute Gasteiger partial charge is 0.337 e. The van der Waals surface area contributed by atoms with E-state index in [4.69, 9.17) is 11.5 Å². The van der Waals surface area contributed by atoms with E-state index in [2.05, 4.69) is 10.1 Å². The van der Waals surface area contributed by atoms with E-state index < -0.39 is 0 Å². The third kappa shape index (κ3) is 5.53. The van der Waals surface area contributed by atoms with Gasteiger partial charge < -0.3 is 21.5 Å². The molecular formula is C19H23N3O3. The predicted octanol–water partition coefficient (Wildman–Crippen LogP) is 2.39. The van der Waals surface area contributed by atoms with Gasteiger partial charge in [-0.15, -0.1) is 0 Å². The zero-order chi connectivity index (χ0) is 18.2. The molecule has 0 saturated heterocycles. The maximum absolute atomic E-state index is 12.0. The first-order valence-corrected chi connectivity index (χ1v) is 8.11. The van der Waals surface area contributed by atoms with Crippen LogP contribution in [0.25, 0.3) is 0 Å². The standard InChI is InChI=1S/C19H23N3O3/c1-25-19(24)14-7-5-13(6-8-14)4-2-3-9-22-18(23)15-10-16(20)12-17(21)11-15/h5-8,10-12H,2-4,9,20-21H2,1H3,(H,22,23). The van der Waals surface area contributed by atoms with Crippen LogP contribution < -0.4 is 16.8 Å². The fraction of sp³-hybridized carbons (Fsp3) is 0.263. The van der Waals surface area contributed by atoms with E-state index in [0.717, 1.165) is 24.8 Å². The molecule has 1 amide bonds. The Morgan fingerprint density at radius 3 is 2.20 bits per heavy atom. The number of esters is 1. The topological polar surface area (TPSA) is 107 Å². The van der Waals surface area contributed by atoms with Gasteiger partial charge in [0, 0.05) is 23.5 Å². The first-order chi connectivity index (χ1) is 12.0. The molecule has 0 spiro atoms. The Labute approximate surface area is 147 Å². The Balaban J connectivity index is 1.72. The minimum Gasteiger partial charge on any atom is -0.465 e. The van der Waals surface area contributed by atoms with Gasteiger partial charge in [-0.25, -0.2) is 4.79 Å². The number of aryl methyl sites for hydroxylation is 1. The van der Waals surface area contributed by atoms with Crippen molar-refractivity contribution >= 4 is 23.3 Å². The highest BCUT2D eigenvalue weighted by Gasteiger charge is 2.07. The Kier molecular flexibility index (Phi) is 6.39. The zero-order valence-corrected chi connectivity index (χ0v) is 14.2. The number of unbranched alkanes of at least 4 members (excludes halogenated alkanes) is 1. The molecule has 0 bridgehead atoms. The first-order valence-electron chi connectivity index (χ1n) is 8.11. The van der Waals surface area contributed by atoms with Crippen molar-refractivity contribution in [3.05, 3.63) is 59.2 Å². The molecule has 0 aliphatic heterocycles. The van der Waals surface area contributed by atoms with Gasteiger partial charge in [-0.1, -0.05) is 12.1 Å². The number of amides is 1. The summed E-state index contributed by atoms with van der Waals surface area (Å²) in [6.45, 7) is 0.577. The van der Waals surface area contributed by atoms with Crippen molar-refractivity contribution < 1.29 is 14.3 Å². The molecule has 5 N–H and O–H groups in total. The molecule has 6 heteroatoms. The number of benzene rings is 2. The number of carbonyl (C=O) groups excluding carboxylic acids is 2. The number of methoxy groups -OCH3 is 1. The molecule has 2 aromatic carbocycles. The summed E-state index contributed by atoms with van der Waals surface area (Å²) in [5.41, 5.74) is 14.5. The lowest BCUT2D eigenvalue weighted by Gasteiger charge is -2.07. The van der Waals surface area contributed by atoms with Crippen molar-refractivity contribution in [3.8, 4) is 0 Å². The lowest BCUT2D eigenvalue weighted by atomic mass is 10.1. The number of hydrogen-bond acceptors (Lipinski definition) is 5. The lowest BCUT2D eigenvalue weighted by molar-refractivity contribution is 0.0600. The van der Waals surface area contributed by atoms with Crippen LogP contribution in [0.3, 0.4) is 0 Å². The molecule has 0 aliphatic rings. The van der Waals surface area contributed by atoms with Crippen molar-refractivity contribution in [2.24, 2.45) is 0 Å². The van der Waals surface area contributed by atoms with Gasteiger partial charge in [0.05, 0.1) is 12.7 Å². The predicted molar refractivity (Wildman–Crippen MR) is 98.3 cm³/mol. The van der Waals surface area contributed by atoms with Crippen molar-refractivity contribution in [2.45, 2.75) is 19.3 Å². The molecule has 0 atom stereocenters. The first kappa shape index (κ1) is 18.3. The fourth-order valence-electron chi connectivity index (χ4n) is 2.49. The van der Waals surface area contributed by atoms with Crippen LogP contribution in [0.15, 0.2) is 42.5 Å². The molecule has 0 aromatic heterocycles. The van der Waals surface area contributed by atoms with Gasteiger partial charge in [-0.05, 0) is 55.2 Å². The largest absolute Gasteiger partial charge is 0.465 e. The third-order valence-electron chi connectivity index (χ3n) is 3.79. The molecule has 0 saturated carbocycles. The third-order valence-corrected chi connectivity index (χ3v) is 3.79. The van der Waals surface area contributed by atoms with Crippen molar-refractivity contribution in [3.63, 3.8) is 0 Å². The summed E-state index contributed by atoms with van der Waals surface area (Å²) in [5.74, 6) is -0.516. The van der Waals surface area contributed by atoms with Crippen LogP contribution in [0.4, 0.5) is 11.4 Å². The summed E-state index contributed by atoms with van der Waals surface area (Å²) < 4.78 is 4.67. The van der Waals surface area contributed by atoms with Gasteiger partial charge in [0.2, 0.25) is 0 Å². The van der Waals surface area contributed by atoms with Crippen molar-refractivity contribution in [1.82, 2.24) is 5.32 Å². The summed E-state index contributed by atoms with van der Waals surface area (Å²) in [6.07, 6.45) is 2.65. The Morgan fingerprint density at radius 1 is 0.960 bits per heavy atom. The average Bonchev–Trinajstić information content (AvgIpc) is 2.60. The molecule has 2 rings (SSSR count). The molecule has 132 valence electrons. The van der Waals surface area contributed by atoms with Crippen LogP contribution in [0.2, 0.25) is 0 Å². The van der Waals surface area contributed by atoms with Crippen LogP contribution in [-0.2, 0) is 11.2 Å². The summed E-state index contributed by atoms with van der Waals surface area (Å²) in [7, 11) is 1.36. The average molecular weight is 341 g/mol. The second-order valence-corrected chi connectivity index (χ2v) is 5.79. The van der Waals surface area contributed by atoms with Crippen molar-refractivity contribution in [2.75, 3.05) is 25.1 Å². The van der Waals surface area contributed by atoms with Crippen LogP contribution in [-0.4, -0.2) is 25.5 Å². The Bertz CT molecular complexity index is 722. The summed E-state index contributed by atoms with van der Waals surface area (Å²) in [6, 6.07) is 12.2. The number of rotatable bonds is 7. The van der Waals surface area contributed by atoms with E-state index >= 15 is 0 Å². The Morgan fingerprint density at radius 2 is 1.60 bits per heavy atom. The second-order valence-electron chi connectivity index (χ2n) is 5.79. The van der Waals surface area contributed by atoms with Gasteiger partial charge in [0.1, 0.15) is 0 Å². The normalized spacial score (nSPS) is 10.3. The highest BCUT2D eigenvalue weighted by molar-refractivity contribution is 5.96. The van der Waals surface area contributed by atoms with E-state index in [9.17, 15) is 9.59 Å². The van der Waals surface area contributed by atoms with E-state index in [1.807, 2.05) is 12.1 Å². The fourth-order valence-corrected chi connectivity index (χ4v) is 2.49. The zero-order valence-electron chi connectivity index (χ0n) is 14.2. The molecular weight excluding hydrogens is 318 g/mol. The van der Waals surface area contributed by atoms with Crippen LogP contribution in [0.5, 0.6) is 0 Å². The summed E-state index contributed by atoms with van der Waals surface area (Å²) in [5, 5.41) is 2.86. The summed E-state index contributed by atoms with van der Waals surface area (Å²) >= 11 is 0. The monoisotopic (exact) mass is 341 g/mol. The van der Waals surface area contributed by atoms with E-state index in [0.29, 0.717) is 29.0 Å². The van der Waals surface area contributed by atoms with Crippen LogP contribution in [0.1, 0.15) is 39.1 Å². The molecule has 0 heterocycles. The number of nitrogen functional groups attached to an aromatic ring is 2. The minimum absolute atomic E-state index is 0.179. The Hall–Kier alpha value is -3.02. The number of hydrogen-bond donors (Lipinski definition) is 3. The quantitative estimate of drug-likeness (QED) is 0.407. The van der Waals surface area contributed by atoms with E-state index in [-0.39, 0.29) is 11.9 Å². The molecule has 0 fully saturated rings. The number of nitrogens with one attached hydrogen (secondary N) is 1. The molecule has 25 heavy (non-hydrogen) atoms. The van der Waals surface area contributed by atoms with Crippen LogP contribution >= 0.6 is 0 Å². The van der Waals surface area contributed by atoms with E-state index in [1.165, 1.54) is 7.11 Å². The van der Waals surface area contributed by atoms with Gasteiger partial charge in [-0.3, -0.25) is 4.79 Å². The molecule has 2 aromatic rings. The number of anilines is 2. The van der Waals surface area contributed by atoms with Crippen LogP contribution in [0, 0.1) is 0 Å². The number of carbonyl (C=O) groups is 2. The maximum Gasteiger partial charge on any atom is 0.337 e. The highest BCUT2D eigenvalue weighted by atomic mass is 16.5. The van der Waals surface area contributed by atoms with Crippen molar-refractivity contribution in [1.29, 1.82) is 0 Å². The molecule has 0 unspecified atom stereocenters. The second kappa shape index (κ2) is 8.73.